The van der Waals surface area contributed by atoms with Crippen molar-refractivity contribution in [2.45, 2.75) is 12.6 Å². The molecular formula is C26H26N2O. The highest BCUT2D eigenvalue weighted by atomic mass is 16.5. The van der Waals surface area contributed by atoms with Gasteiger partial charge < -0.3 is 4.74 Å². The molecular weight excluding hydrogens is 356 g/mol. The first-order chi connectivity index (χ1) is 14.3. The monoisotopic (exact) mass is 382 g/mol. The van der Waals surface area contributed by atoms with E-state index in [0.29, 0.717) is 13.2 Å². The summed E-state index contributed by atoms with van der Waals surface area (Å²) in [6.45, 7) is 3.99. The van der Waals surface area contributed by atoms with Crippen molar-refractivity contribution in [3.63, 3.8) is 0 Å². The SMILES string of the molecule is C/C(=C\c1ccccc1)COC/C(=N/C1(c2ccccc2)CN1)c1ccccc1. The molecule has 0 aromatic heterocycles. The van der Waals surface area contributed by atoms with Crippen LogP contribution in [0.15, 0.2) is 102 Å². The average molecular weight is 383 g/mol. The fourth-order valence-corrected chi connectivity index (χ4v) is 3.37. The molecule has 3 aromatic carbocycles. The standard InChI is InChI=1S/C26H26N2O/c1-21(17-22-11-5-2-6-12-22)18-29-19-25(23-13-7-3-8-14-23)28-26(20-27-26)24-15-9-4-10-16-24/h2-17,27H,18-20H2,1H3/b21-17+,28-25-. The molecule has 1 saturated heterocycles. The van der Waals surface area contributed by atoms with E-state index >= 15 is 0 Å². The van der Waals surface area contributed by atoms with Crippen LogP contribution in [0, 0.1) is 0 Å². The number of aliphatic imine (C=N–C) groups is 1. The molecule has 29 heavy (non-hydrogen) atoms. The molecule has 1 N–H and O–H groups in total. The molecule has 0 spiro atoms. The number of nitrogens with zero attached hydrogens (tertiary/aromatic N) is 1. The Hall–Kier alpha value is -3.01. The lowest BCUT2D eigenvalue weighted by atomic mass is 10.1. The first kappa shape index (κ1) is 19.3. The lowest BCUT2D eigenvalue weighted by molar-refractivity contribution is 0.197. The van der Waals surface area contributed by atoms with E-state index in [4.69, 9.17) is 9.73 Å². The molecule has 1 unspecified atom stereocenters. The van der Waals surface area contributed by atoms with Crippen LogP contribution in [0.5, 0.6) is 0 Å². The summed E-state index contributed by atoms with van der Waals surface area (Å²) in [4.78, 5) is 5.10. The van der Waals surface area contributed by atoms with Gasteiger partial charge in [0.25, 0.3) is 0 Å². The lowest BCUT2D eigenvalue weighted by Crippen LogP contribution is -2.18. The second-order valence-electron chi connectivity index (χ2n) is 7.40. The quantitative estimate of drug-likeness (QED) is 0.437. The average Bonchev–Trinajstić information content (AvgIpc) is 3.56. The fraction of sp³-hybridized carbons (Fsp3) is 0.192. The highest BCUT2D eigenvalue weighted by Gasteiger charge is 2.44. The van der Waals surface area contributed by atoms with Gasteiger partial charge in [0, 0.05) is 6.54 Å². The van der Waals surface area contributed by atoms with Gasteiger partial charge in [0.1, 0.15) is 5.66 Å². The zero-order valence-corrected chi connectivity index (χ0v) is 16.7. The van der Waals surface area contributed by atoms with Gasteiger partial charge in [0.05, 0.1) is 18.9 Å². The van der Waals surface area contributed by atoms with Crippen LogP contribution in [0.3, 0.4) is 0 Å². The van der Waals surface area contributed by atoms with Gasteiger partial charge in [-0.25, -0.2) is 0 Å². The van der Waals surface area contributed by atoms with Crippen molar-refractivity contribution in [3.05, 3.63) is 113 Å². The zero-order valence-electron chi connectivity index (χ0n) is 16.7. The fourth-order valence-electron chi connectivity index (χ4n) is 3.37. The summed E-state index contributed by atoms with van der Waals surface area (Å²) < 4.78 is 6.07. The molecule has 0 radical (unpaired) electrons. The van der Waals surface area contributed by atoms with Gasteiger partial charge in [-0.1, -0.05) is 97.1 Å². The Kier molecular flexibility index (Phi) is 5.99. The molecule has 1 aliphatic rings. The first-order valence-electron chi connectivity index (χ1n) is 10.00. The van der Waals surface area contributed by atoms with E-state index < -0.39 is 0 Å². The predicted molar refractivity (Wildman–Crippen MR) is 120 cm³/mol. The maximum absolute atomic E-state index is 6.07. The third-order valence-electron chi connectivity index (χ3n) is 4.98. The minimum atomic E-state index is -0.329. The van der Waals surface area contributed by atoms with E-state index in [1.54, 1.807) is 0 Å². The van der Waals surface area contributed by atoms with Crippen LogP contribution in [-0.4, -0.2) is 25.5 Å². The van der Waals surface area contributed by atoms with Gasteiger partial charge in [-0.2, -0.15) is 0 Å². The van der Waals surface area contributed by atoms with Crippen LogP contribution in [-0.2, 0) is 10.4 Å². The van der Waals surface area contributed by atoms with Gasteiger partial charge in [-0.3, -0.25) is 10.3 Å². The van der Waals surface area contributed by atoms with Gasteiger partial charge >= 0.3 is 0 Å². The van der Waals surface area contributed by atoms with Crippen molar-refractivity contribution in [3.8, 4) is 0 Å². The number of ether oxygens (including phenoxy) is 1. The summed E-state index contributed by atoms with van der Waals surface area (Å²) in [7, 11) is 0. The summed E-state index contributed by atoms with van der Waals surface area (Å²) in [5.41, 5.74) is 5.30. The summed E-state index contributed by atoms with van der Waals surface area (Å²) in [5.74, 6) is 0. The molecule has 3 aromatic rings. The largest absolute Gasteiger partial charge is 0.371 e. The molecule has 0 bridgehead atoms. The summed E-state index contributed by atoms with van der Waals surface area (Å²) in [6, 6.07) is 31.0. The molecule has 1 fully saturated rings. The minimum absolute atomic E-state index is 0.329. The van der Waals surface area contributed by atoms with E-state index in [-0.39, 0.29) is 5.66 Å². The topological polar surface area (TPSA) is 43.5 Å². The van der Waals surface area contributed by atoms with Crippen molar-refractivity contribution in [1.29, 1.82) is 0 Å². The molecule has 0 aliphatic carbocycles. The molecule has 1 atom stereocenters. The molecule has 0 amide bonds. The second-order valence-corrected chi connectivity index (χ2v) is 7.40. The van der Waals surface area contributed by atoms with Crippen LogP contribution in [0.1, 0.15) is 23.6 Å². The summed E-state index contributed by atoms with van der Waals surface area (Å²) in [5, 5.41) is 3.44. The van der Waals surface area contributed by atoms with E-state index in [1.165, 1.54) is 16.7 Å². The molecule has 1 heterocycles. The van der Waals surface area contributed by atoms with Crippen LogP contribution in [0.2, 0.25) is 0 Å². The maximum Gasteiger partial charge on any atom is 0.149 e. The van der Waals surface area contributed by atoms with Crippen LogP contribution in [0.25, 0.3) is 6.08 Å². The third-order valence-corrected chi connectivity index (χ3v) is 4.98. The van der Waals surface area contributed by atoms with Gasteiger partial charge in [-0.15, -0.1) is 0 Å². The smallest absolute Gasteiger partial charge is 0.149 e. The highest BCUT2D eigenvalue weighted by Crippen LogP contribution is 2.33. The van der Waals surface area contributed by atoms with Crippen molar-refractivity contribution in [2.75, 3.05) is 19.8 Å². The van der Waals surface area contributed by atoms with E-state index in [1.807, 2.05) is 42.5 Å². The van der Waals surface area contributed by atoms with Gasteiger partial charge in [0.15, 0.2) is 0 Å². The molecule has 1 aliphatic heterocycles. The van der Waals surface area contributed by atoms with Gasteiger partial charge in [-0.05, 0) is 29.2 Å². The maximum atomic E-state index is 6.07. The summed E-state index contributed by atoms with van der Waals surface area (Å²) in [6.07, 6.45) is 2.16. The molecule has 146 valence electrons. The van der Waals surface area contributed by atoms with E-state index in [2.05, 4.69) is 66.8 Å². The van der Waals surface area contributed by atoms with Crippen molar-refractivity contribution < 1.29 is 4.74 Å². The van der Waals surface area contributed by atoms with Crippen molar-refractivity contribution in [1.82, 2.24) is 5.32 Å². The minimum Gasteiger partial charge on any atom is -0.371 e. The number of nitrogens with one attached hydrogen (secondary N) is 1. The van der Waals surface area contributed by atoms with E-state index in [9.17, 15) is 0 Å². The Morgan fingerprint density at radius 2 is 1.48 bits per heavy atom. The van der Waals surface area contributed by atoms with Crippen molar-refractivity contribution >= 4 is 11.8 Å². The van der Waals surface area contributed by atoms with Crippen molar-refractivity contribution in [2.24, 2.45) is 4.99 Å². The molecule has 0 saturated carbocycles. The van der Waals surface area contributed by atoms with Crippen LogP contribution < -0.4 is 5.32 Å². The highest BCUT2D eigenvalue weighted by molar-refractivity contribution is 6.02. The third kappa shape index (κ3) is 5.08. The number of hydrogen-bond acceptors (Lipinski definition) is 3. The van der Waals surface area contributed by atoms with Crippen LogP contribution in [0.4, 0.5) is 0 Å². The molecule has 3 heteroatoms. The number of rotatable bonds is 8. The van der Waals surface area contributed by atoms with Gasteiger partial charge in [0.2, 0.25) is 0 Å². The second kappa shape index (κ2) is 8.99. The lowest BCUT2D eigenvalue weighted by Gasteiger charge is -2.14. The predicted octanol–water partition coefficient (Wildman–Crippen LogP) is 5.05. The Labute approximate surface area is 172 Å². The summed E-state index contributed by atoms with van der Waals surface area (Å²) >= 11 is 0. The first-order valence-corrected chi connectivity index (χ1v) is 10.00. The Morgan fingerprint density at radius 1 is 0.897 bits per heavy atom. The Bertz CT molecular complexity index is 975. The van der Waals surface area contributed by atoms with Crippen LogP contribution >= 0.6 is 0 Å². The number of hydrogen-bond donors (Lipinski definition) is 1. The Morgan fingerprint density at radius 3 is 2.10 bits per heavy atom. The molecule has 3 nitrogen and oxygen atoms in total. The molecule has 4 rings (SSSR count). The number of benzene rings is 3. The van der Waals surface area contributed by atoms with E-state index in [0.717, 1.165) is 17.8 Å². The zero-order chi connectivity index (χ0) is 19.9. The normalized spacial score (nSPS) is 19.2. The Balaban J connectivity index is 1.50.